The van der Waals surface area contributed by atoms with Crippen LogP contribution >= 0.6 is 0 Å². The highest BCUT2D eigenvalue weighted by Crippen LogP contribution is 2.25. The average molecular weight is 223 g/mol. The molecule has 0 bridgehead atoms. The Labute approximate surface area is 95.3 Å². The van der Waals surface area contributed by atoms with Crippen LogP contribution in [0.3, 0.4) is 0 Å². The fraction of sp³-hybridized carbons (Fsp3) is 0.500. The van der Waals surface area contributed by atoms with Gasteiger partial charge in [0.2, 0.25) is 0 Å². The van der Waals surface area contributed by atoms with Crippen LogP contribution in [0.1, 0.15) is 33.4 Å². The van der Waals surface area contributed by atoms with E-state index in [1.165, 1.54) is 13.1 Å². The number of esters is 1. The van der Waals surface area contributed by atoms with E-state index in [1.54, 1.807) is 39.0 Å². The molecule has 1 heterocycles. The van der Waals surface area contributed by atoms with Crippen LogP contribution in [0.4, 0.5) is 0 Å². The van der Waals surface area contributed by atoms with E-state index in [-0.39, 0.29) is 0 Å². The van der Waals surface area contributed by atoms with Crippen molar-refractivity contribution >= 4 is 5.97 Å². The molecule has 0 aliphatic carbocycles. The Kier molecular flexibility index (Phi) is 3.33. The lowest BCUT2D eigenvalue weighted by atomic mass is 9.97. The molecule has 1 rings (SSSR count). The number of hydrogen-bond acceptors (Lipinski definition) is 4. The zero-order chi connectivity index (χ0) is 12.4. The molecule has 4 heteroatoms. The summed E-state index contributed by atoms with van der Waals surface area (Å²) in [4.78, 5) is 15.6. The van der Waals surface area contributed by atoms with Crippen LogP contribution in [0.25, 0.3) is 0 Å². The molecular formula is C12H17NO3. The van der Waals surface area contributed by atoms with Gasteiger partial charge in [-0.1, -0.05) is 6.07 Å². The predicted octanol–water partition coefficient (Wildman–Crippen LogP) is 1.84. The second kappa shape index (κ2) is 4.22. The summed E-state index contributed by atoms with van der Waals surface area (Å²) < 4.78 is 5.04. The summed E-state index contributed by atoms with van der Waals surface area (Å²) in [5.41, 5.74) is -0.341. The van der Waals surface area contributed by atoms with Crippen molar-refractivity contribution in [1.29, 1.82) is 0 Å². The third-order valence-electron chi connectivity index (χ3n) is 2.04. The minimum atomic E-state index is -1.69. The molecule has 0 radical (unpaired) electrons. The van der Waals surface area contributed by atoms with E-state index in [4.69, 9.17) is 4.74 Å². The number of nitrogens with zero attached hydrogens (tertiary/aromatic N) is 1. The maximum absolute atomic E-state index is 11.6. The van der Waals surface area contributed by atoms with Crippen LogP contribution in [-0.2, 0) is 15.3 Å². The SMILES string of the molecule is CC(C)(C)C(=O)OC(C)(O)c1ccccn1. The van der Waals surface area contributed by atoms with Crippen LogP contribution < -0.4 is 0 Å². The van der Waals surface area contributed by atoms with Crippen molar-refractivity contribution in [3.05, 3.63) is 30.1 Å². The zero-order valence-corrected chi connectivity index (χ0v) is 10.0. The molecular weight excluding hydrogens is 206 g/mol. The van der Waals surface area contributed by atoms with Crippen molar-refractivity contribution < 1.29 is 14.6 Å². The summed E-state index contributed by atoms with van der Waals surface area (Å²) in [6, 6.07) is 5.06. The van der Waals surface area contributed by atoms with Crippen molar-refractivity contribution in [3.8, 4) is 0 Å². The Hall–Kier alpha value is -1.42. The maximum atomic E-state index is 11.6. The van der Waals surface area contributed by atoms with Crippen LogP contribution in [0, 0.1) is 5.41 Å². The number of hydrogen-bond donors (Lipinski definition) is 1. The first-order valence-corrected chi connectivity index (χ1v) is 5.11. The lowest BCUT2D eigenvalue weighted by Gasteiger charge is -2.27. The standard InChI is InChI=1S/C12H17NO3/c1-11(2,3)10(14)16-12(4,15)9-7-5-6-8-13-9/h5-8,15H,1-4H3. The first-order valence-electron chi connectivity index (χ1n) is 5.11. The highest BCUT2D eigenvalue weighted by Gasteiger charge is 2.34. The molecule has 0 fully saturated rings. The van der Waals surface area contributed by atoms with Crippen molar-refractivity contribution in [2.24, 2.45) is 5.41 Å². The van der Waals surface area contributed by atoms with Gasteiger partial charge in [-0.2, -0.15) is 0 Å². The Bertz CT molecular complexity index is 366. The molecule has 0 saturated carbocycles. The first kappa shape index (κ1) is 12.6. The second-order valence-corrected chi connectivity index (χ2v) is 4.84. The molecule has 4 nitrogen and oxygen atoms in total. The largest absolute Gasteiger partial charge is 0.427 e. The Morgan fingerprint density at radius 3 is 2.38 bits per heavy atom. The Morgan fingerprint density at radius 2 is 1.94 bits per heavy atom. The van der Waals surface area contributed by atoms with Crippen LogP contribution in [-0.4, -0.2) is 16.1 Å². The van der Waals surface area contributed by atoms with Crippen LogP contribution in [0.5, 0.6) is 0 Å². The lowest BCUT2D eigenvalue weighted by molar-refractivity contribution is -0.216. The topological polar surface area (TPSA) is 59.4 Å². The van der Waals surface area contributed by atoms with E-state index in [2.05, 4.69) is 4.98 Å². The number of aromatic nitrogens is 1. The van der Waals surface area contributed by atoms with Gasteiger partial charge in [0.1, 0.15) is 5.69 Å². The maximum Gasteiger partial charge on any atom is 0.314 e. The molecule has 1 N–H and O–H groups in total. The van der Waals surface area contributed by atoms with E-state index in [0.29, 0.717) is 5.69 Å². The number of carbonyl (C=O) groups is 1. The van der Waals surface area contributed by atoms with E-state index in [9.17, 15) is 9.90 Å². The van der Waals surface area contributed by atoms with Crippen LogP contribution in [0.2, 0.25) is 0 Å². The molecule has 0 aromatic carbocycles. The van der Waals surface area contributed by atoms with Gasteiger partial charge in [0, 0.05) is 13.1 Å². The number of ether oxygens (including phenoxy) is 1. The first-order chi connectivity index (χ1) is 7.23. The highest BCUT2D eigenvalue weighted by molar-refractivity contribution is 5.75. The summed E-state index contributed by atoms with van der Waals surface area (Å²) in [5.74, 6) is -2.16. The molecule has 0 aliphatic rings. The number of aliphatic hydroxyl groups is 1. The molecule has 0 amide bonds. The average Bonchev–Trinajstić information content (AvgIpc) is 2.17. The van der Waals surface area contributed by atoms with E-state index >= 15 is 0 Å². The predicted molar refractivity (Wildman–Crippen MR) is 59.4 cm³/mol. The lowest BCUT2D eigenvalue weighted by Crippen LogP contribution is -2.35. The monoisotopic (exact) mass is 223 g/mol. The quantitative estimate of drug-likeness (QED) is 0.614. The molecule has 1 atom stereocenters. The summed E-state index contributed by atoms with van der Waals surface area (Å²) in [7, 11) is 0. The van der Waals surface area contributed by atoms with Gasteiger partial charge in [-0.25, -0.2) is 0 Å². The van der Waals surface area contributed by atoms with Gasteiger partial charge >= 0.3 is 5.97 Å². The van der Waals surface area contributed by atoms with Crippen molar-refractivity contribution in [2.45, 2.75) is 33.5 Å². The molecule has 16 heavy (non-hydrogen) atoms. The van der Waals surface area contributed by atoms with Gasteiger partial charge in [-0.3, -0.25) is 9.78 Å². The Morgan fingerprint density at radius 1 is 1.31 bits per heavy atom. The van der Waals surface area contributed by atoms with Crippen LogP contribution in [0.15, 0.2) is 24.4 Å². The van der Waals surface area contributed by atoms with Gasteiger partial charge in [0.05, 0.1) is 5.41 Å². The van der Waals surface area contributed by atoms with E-state index in [1.807, 2.05) is 0 Å². The molecule has 1 unspecified atom stereocenters. The van der Waals surface area contributed by atoms with Crippen molar-refractivity contribution in [1.82, 2.24) is 4.98 Å². The molecule has 88 valence electrons. The fourth-order valence-electron chi connectivity index (χ4n) is 1.02. The van der Waals surface area contributed by atoms with Gasteiger partial charge in [0.15, 0.2) is 0 Å². The zero-order valence-electron chi connectivity index (χ0n) is 10.0. The molecule has 0 saturated heterocycles. The number of pyridine rings is 1. The summed E-state index contributed by atoms with van der Waals surface area (Å²) in [6.07, 6.45) is 1.54. The van der Waals surface area contributed by atoms with Gasteiger partial charge < -0.3 is 9.84 Å². The fourth-order valence-corrected chi connectivity index (χ4v) is 1.02. The molecule has 1 aromatic rings. The number of rotatable bonds is 2. The normalized spacial score (nSPS) is 15.3. The second-order valence-electron chi connectivity index (χ2n) is 4.84. The minimum Gasteiger partial charge on any atom is -0.427 e. The molecule has 0 spiro atoms. The van der Waals surface area contributed by atoms with Gasteiger partial charge in [-0.05, 0) is 32.9 Å². The summed E-state index contributed by atoms with van der Waals surface area (Å²) in [5, 5.41) is 10.0. The summed E-state index contributed by atoms with van der Waals surface area (Å²) >= 11 is 0. The van der Waals surface area contributed by atoms with Crippen molar-refractivity contribution in [3.63, 3.8) is 0 Å². The van der Waals surface area contributed by atoms with Gasteiger partial charge in [-0.15, -0.1) is 0 Å². The summed E-state index contributed by atoms with van der Waals surface area (Å²) in [6.45, 7) is 6.58. The molecule has 1 aromatic heterocycles. The smallest absolute Gasteiger partial charge is 0.314 e. The highest BCUT2D eigenvalue weighted by atomic mass is 16.7. The molecule has 0 aliphatic heterocycles. The third-order valence-corrected chi connectivity index (χ3v) is 2.04. The van der Waals surface area contributed by atoms with Gasteiger partial charge in [0.25, 0.3) is 5.79 Å². The number of carbonyl (C=O) groups excluding carboxylic acids is 1. The Balaban J connectivity index is 2.85. The van der Waals surface area contributed by atoms with E-state index in [0.717, 1.165) is 0 Å². The third kappa shape index (κ3) is 3.03. The van der Waals surface area contributed by atoms with E-state index < -0.39 is 17.2 Å². The minimum absolute atomic E-state index is 0.313. The van der Waals surface area contributed by atoms with Crippen molar-refractivity contribution in [2.75, 3.05) is 0 Å².